The van der Waals surface area contributed by atoms with Gasteiger partial charge < -0.3 is 16.4 Å². The van der Waals surface area contributed by atoms with Crippen LogP contribution in [0.4, 0.5) is 0 Å². The van der Waals surface area contributed by atoms with Gasteiger partial charge >= 0.3 is 0 Å². The SMILES string of the molecule is CNC(=O)[C@@H](NC(=O)[C@H](Cc1ccc2ccccc2c1)[C@H](N)C(=O)NOC)C(C)(C)C. The fourth-order valence-electron chi connectivity index (χ4n) is 3.42. The van der Waals surface area contributed by atoms with E-state index in [0.29, 0.717) is 0 Å². The number of carbonyl (C=O) groups is 3. The van der Waals surface area contributed by atoms with Gasteiger partial charge in [-0.05, 0) is 28.2 Å². The molecule has 0 fully saturated rings. The summed E-state index contributed by atoms with van der Waals surface area (Å²) in [5.41, 5.74) is 8.65. The number of rotatable bonds is 8. The minimum atomic E-state index is -1.17. The molecule has 0 bridgehead atoms. The van der Waals surface area contributed by atoms with Gasteiger partial charge in [-0.1, -0.05) is 63.2 Å². The summed E-state index contributed by atoms with van der Waals surface area (Å²) in [6, 6.07) is 11.7. The van der Waals surface area contributed by atoms with Crippen molar-refractivity contribution in [3.05, 3.63) is 48.0 Å². The maximum atomic E-state index is 13.2. The molecule has 0 radical (unpaired) electrons. The van der Waals surface area contributed by atoms with Crippen LogP contribution in [0.15, 0.2) is 42.5 Å². The minimum absolute atomic E-state index is 0.222. The molecule has 168 valence electrons. The summed E-state index contributed by atoms with van der Waals surface area (Å²) in [6.45, 7) is 5.55. The molecule has 0 aliphatic carbocycles. The van der Waals surface area contributed by atoms with Crippen molar-refractivity contribution in [1.82, 2.24) is 16.1 Å². The average Bonchev–Trinajstić information content (AvgIpc) is 2.73. The van der Waals surface area contributed by atoms with Crippen LogP contribution in [0.25, 0.3) is 10.8 Å². The number of benzene rings is 2. The van der Waals surface area contributed by atoms with Crippen LogP contribution in [-0.4, -0.2) is 44.0 Å². The molecule has 8 nitrogen and oxygen atoms in total. The molecule has 8 heteroatoms. The van der Waals surface area contributed by atoms with Gasteiger partial charge in [-0.25, -0.2) is 5.48 Å². The number of likely N-dealkylation sites (N-methyl/N-ethyl adjacent to an activating group) is 1. The standard InChI is InChI=1S/C23H32N4O4/c1-23(2,3)19(22(30)25-4)26-20(28)17(18(24)21(29)27-31-5)13-14-10-11-15-8-6-7-9-16(15)12-14/h6-12,17-19H,13,24H2,1-5H3,(H,25,30)(H,26,28)(H,27,29)/t17-,18+,19-/m1/s1. The zero-order valence-electron chi connectivity index (χ0n) is 18.7. The molecule has 3 atom stereocenters. The van der Waals surface area contributed by atoms with E-state index < -0.39 is 35.2 Å². The van der Waals surface area contributed by atoms with Gasteiger partial charge in [0.25, 0.3) is 5.91 Å². The Labute approximate surface area is 182 Å². The van der Waals surface area contributed by atoms with Gasteiger partial charge in [0.05, 0.1) is 19.1 Å². The fourth-order valence-corrected chi connectivity index (χ4v) is 3.42. The molecule has 0 spiro atoms. The lowest BCUT2D eigenvalue weighted by molar-refractivity contribution is -0.139. The summed E-state index contributed by atoms with van der Waals surface area (Å²) in [4.78, 5) is 42.6. The van der Waals surface area contributed by atoms with Gasteiger partial charge in [-0.3, -0.25) is 19.2 Å². The van der Waals surface area contributed by atoms with E-state index in [-0.39, 0.29) is 12.3 Å². The van der Waals surface area contributed by atoms with Crippen LogP contribution in [0.3, 0.4) is 0 Å². The summed E-state index contributed by atoms with van der Waals surface area (Å²) in [6.07, 6.45) is 0.222. The van der Waals surface area contributed by atoms with Crippen LogP contribution >= 0.6 is 0 Å². The highest BCUT2D eigenvalue weighted by molar-refractivity contribution is 5.93. The molecular formula is C23H32N4O4. The van der Waals surface area contributed by atoms with Crippen LogP contribution in [-0.2, 0) is 25.6 Å². The summed E-state index contributed by atoms with van der Waals surface area (Å²) in [7, 11) is 2.81. The summed E-state index contributed by atoms with van der Waals surface area (Å²) >= 11 is 0. The second-order valence-corrected chi connectivity index (χ2v) is 8.61. The predicted molar refractivity (Wildman–Crippen MR) is 120 cm³/mol. The van der Waals surface area contributed by atoms with Crippen LogP contribution in [0.2, 0.25) is 0 Å². The molecule has 0 heterocycles. The number of carbonyl (C=O) groups excluding carboxylic acids is 3. The van der Waals surface area contributed by atoms with Crippen LogP contribution in [0, 0.1) is 11.3 Å². The number of hydrogen-bond acceptors (Lipinski definition) is 5. The van der Waals surface area contributed by atoms with Gasteiger partial charge in [-0.15, -0.1) is 0 Å². The number of hydroxylamine groups is 1. The van der Waals surface area contributed by atoms with Gasteiger partial charge in [0.2, 0.25) is 11.8 Å². The van der Waals surface area contributed by atoms with Crippen molar-refractivity contribution in [3.63, 3.8) is 0 Å². The maximum absolute atomic E-state index is 13.2. The maximum Gasteiger partial charge on any atom is 0.261 e. The van der Waals surface area contributed by atoms with E-state index in [1.807, 2.05) is 63.2 Å². The molecule has 3 amide bonds. The topological polar surface area (TPSA) is 123 Å². The van der Waals surface area contributed by atoms with Crippen molar-refractivity contribution in [2.75, 3.05) is 14.2 Å². The molecule has 5 N–H and O–H groups in total. The third kappa shape index (κ3) is 6.26. The quantitative estimate of drug-likeness (QED) is 0.472. The van der Waals surface area contributed by atoms with Gasteiger partial charge in [0, 0.05) is 7.05 Å². The second kappa shape index (κ2) is 10.4. The lowest BCUT2D eigenvalue weighted by atomic mass is 9.84. The van der Waals surface area contributed by atoms with Crippen LogP contribution < -0.4 is 21.8 Å². The number of nitrogens with two attached hydrogens (primary N) is 1. The van der Waals surface area contributed by atoms with E-state index in [9.17, 15) is 14.4 Å². The smallest absolute Gasteiger partial charge is 0.261 e. The van der Waals surface area contributed by atoms with Crippen molar-refractivity contribution < 1.29 is 19.2 Å². The molecular weight excluding hydrogens is 396 g/mol. The van der Waals surface area contributed by atoms with Crippen molar-refractivity contribution >= 4 is 28.5 Å². The first kappa shape index (κ1) is 24.3. The van der Waals surface area contributed by atoms with Crippen molar-refractivity contribution in [1.29, 1.82) is 0 Å². The molecule has 2 rings (SSSR count). The van der Waals surface area contributed by atoms with E-state index in [4.69, 9.17) is 5.73 Å². The highest BCUT2D eigenvalue weighted by Gasteiger charge is 2.37. The van der Waals surface area contributed by atoms with Crippen molar-refractivity contribution in [3.8, 4) is 0 Å². The van der Waals surface area contributed by atoms with Crippen molar-refractivity contribution in [2.45, 2.75) is 39.3 Å². The first-order valence-electron chi connectivity index (χ1n) is 10.2. The van der Waals surface area contributed by atoms with E-state index in [1.54, 1.807) is 0 Å². The van der Waals surface area contributed by atoms with E-state index in [2.05, 4.69) is 21.0 Å². The van der Waals surface area contributed by atoms with Crippen LogP contribution in [0.5, 0.6) is 0 Å². The molecule has 0 aliphatic rings. The summed E-state index contributed by atoms with van der Waals surface area (Å²) < 4.78 is 0. The minimum Gasteiger partial charge on any atom is -0.357 e. The third-order valence-electron chi connectivity index (χ3n) is 5.21. The fraction of sp³-hybridized carbons (Fsp3) is 0.435. The number of amides is 3. The Hall–Kier alpha value is -2.97. The van der Waals surface area contributed by atoms with E-state index in [0.717, 1.165) is 16.3 Å². The summed E-state index contributed by atoms with van der Waals surface area (Å²) in [5, 5.41) is 7.46. The zero-order chi connectivity index (χ0) is 23.2. The number of fused-ring (bicyclic) bond motifs is 1. The molecule has 2 aromatic carbocycles. The normalized spacial score (nSPS) is 14.4. The Morgan fingerprint density at radius 1 is 1.00 bits per heavy atom. The van der Waals surface area contributed by atoms with Gasteiger partial charge in [0.15, 0.2) is 0 Å². The predicted octanol–water partition coefficient (Wildman–Crippen LogP) is 1.28. The Morgan fingerprint density at radius 2 is 1.65 bits per heavy atom. The first-order chi connectivity index (χ1) is 14.6. The highest BCUT2D eigenvalue weighted by Crippen LogP contribution is 2.22. The Bertz CT molecular complexity index is 939. The van der Waals surface area contributed by atoms with Crippen LogP contribution in [0.1, 0.15) is 26.3 Å². The Balaban J connectivity index is 2.35. The molecule has 2 aromatic rings. The molecule has 0 aromatic heterocycles. The monoisotopic (exact) mass is 428 g/mol. The lowest BCUT2D eigenvalue weighted by Crippen LogP contribution is -2.58. The number of nitrogens with one attached hydrogen (secondary N) is 3. The Morgan fingerprint density at radius 3 is 2.23 bits per heavy atom. The van der Waals surface area contributed by atoms with Crippen molar-refractivity contribution in [2.24, 2.45) is 17.1 Å². The zero-order valence-corrected chi connectivity index (χ0v) is 18.7. The third-order valence-corrected chi connectivity index (χ3v) is 5.21. The molecule has 0 aliphatic heterocycles. The molecule has 0 unspecified atom stereocenters. The molecule has 31 heavy (non-hydrogen) atoms. The number of hydrogen-bond donors (Lipinski definition) is 4. The second-order valence-electron chi connectivity index (χ2n) is 8.61. The lowest BCUT2D eigenvalue weighted by Gasteiger charge is -2.32. The van der Waals surface area contributed by atoms with E-state index in [1.165, 1.54) is 14.2 Å². The average molecular weight is 429 g/mol. The largest absolute Gasteiger partial charge is 0.357 e. The van der Waals surface area contributed by atoms with Gasteiger partial charge in [-0.2, -0.15) is 0 Å². The molecule has 0 saturated carbocycles. The van der Waals surface area contributed by atoms with E-state index >= 15 is 0 Å². The molecule has 0 saturated heterocycles. The highest BCUT2D eigenvalue weighted by atomic mass is 16.6. The Kier molecular flexibility index (Phi) is 8.13. The summed E-state index contributed by atoms with van der Waals surface area (Å²) in [5.74, 6) is -2.32. The first-order valence-corrected chi connectivity index (χ1v) is 10.2. The van der Waals surface area contributed by atoms with Gasteiger partial charge in [0.1, 0.15) is 6.04 Å².